The summed E-state index contributed by atoms with van der Waals surface area (Å²) in [6.45, 7) is 5.60. The van der Waals surface area contributed by atoms with E-state index >= 15 is 0 Å². The van der Waals surface area contributed by atoms with Crippen LogP contribution in [0, 0.1) is 41.0 Å². The van der Waals surface area contributed by atoms with Crippen LogP contribution in [0.25, 0.3) is 0 Å². The van der Waals surface area contributed by atoms with Crippen molar-refractivity contribution in [2.75, 3.05) is 23.8 Å². The molecule has 0 spiro atoms. The number of nitrogens with zero attached hydrogens (tertiary/aromatic N) is 3. The maximum Gasteiger partial charge on any atom is 0.299 e. The van der Waals surface area contributed by atoms with E-state index in [-0.39, 0.29) is 23.8 Å². The number of nitro benzene ring substituents is 2. The first-order valence-electron chi connectivity index (χ1n) is 8.11. The van der Waals surface area contributed by atoms with Gasteiger partial charge in [0.15, 0.2) is 0 Å². The van der Waals surface area contributed by atoms with E-state index < -0.39 is 15.5 Å². The zero-order valence-corrected chi connectivity index (χ0v) is 15.5. The Labute approximate surface area is 155 Å². The number of rotatable bonds is 6. The summed E-state index contributed by atoms with van der Waals surface area (Å²) in [6.07, 6.45) is 0. The molecular weight excluding hydrogens is 352 g/mol. The van der Waals surface area contributed by atoms with Gasteiger partial charge in [-0.2, -0.15) is 0 Å². The number of nitrogens with one attached hydrogen (secondary N) is 1. The molecule has 0 saturated heterocycles. The van der Waals surface area contributed by atoms with Crippen LogP contribution in [-0.4, -0.2) is 29.3 Å². The van der Waals surface area contributed by atoms with E-state index in [0.29, 0.717) is 5.69 Å². The molecule has 27 heavy (non-hydrogen) atoms. The minimum atomic E-state index is -0.703. The van der Waals surface area contributed by atoms with Crippen molar-refractivity contribution in [3.8, 4) is 0 Å². The lowest BCUT2D eigenvalue weighted by molar-refractivity contribution is -0.393. The summed E-state index contributed by atoms with van der Waals surface area (Å²) < 4.78 is 0. The van der Waals surface area contributed by atoms with Gasteiger partial charge >= 0.3 is 0 Å². The number of anilines is 2. The fraction of sp³-hybridized carbons (Fsp3) is 0.278. The van der Waals surface area contributed by atoms with E-state index in [0.717, 1.165) is 22.8 Å². The molecule has 0 aliphatic rings. The Kier molecular flexibility index (Phi) is 5.74. The monoisotopic (exact) mass is 372 g/mol. The van der Waals surface area contributed by atoms with Crippen LogP contribution in [0.5, 0.6) is 0 Å². The summed E-state index contributed by atoms with van der Waals surface area (Å²) in [4.78, 5) is 34.5. The normalized spacial score (nSPS) is 10.4. The zero-order valence-electron chi connectivity index (χ0n) is 15.5. The molecule has 0 atom stereocenters. The predicted octanol–water partition coefficient (Wildman–Crippen LogP) is 3.50. The predicted molar refractivity (Wildman–Crippen MR) is 102 cm³/mol. The van der Waals surface area contributed by atoms with Crippen LogP contribution >= 0.6 is 0 Å². The lowest BCUT2D eigenvalue weighted by Gasteiger charge is -2.20. The number of benzene rings is 2. The second-order valence-electron chi connectivity index (χ2n) is 6.37. The van der Waals surface area contributed by atoms with Crippen molar-refractivity contribution in [3.63, 3.8) is 0 Å². The first-order valence-corrected chi connectivity index (χ1v) is 8.11. The van der Waals surface area contributed by atoms with Crippen molar-refractivity contribution >= 4 is 28.7 Å². The van der Waals surface area contributed by atoms with E-state index in [1.165, 1.54) is 24.1 Å². The molecule has 2 rings (SSSR count). The lowest BCUT2D eigenvalue weighted by Crippen LogP contribution is -2.31. The second-order valence-corrected chi connectivity index (χ2v) is 6.37. The molecule has 0 heterocycles. The summed E-state index contributed by atoms with van der Waals surface area (Å²) in [5, 5.41) is 24.9. The minimum Gasteiger partial charge on any atom is -0.360 e. The fourth-order valence-corrected chi connectivity index (χ4v) is 2.95. The number of aryl methyl sites for hydroxylation is 3. The molecule has 0 aliphatic heterocycles. The number of hydrogen-bond donors (Lipinski definition) is 1. The molecule has 9 heteroatoms. The van der Waals surface area contributed by atoms with Crippen molar-refractivity contribution in [2.24, 2.45) is 0 Å². The second kappa shape index (κ2) is 7.81. The average Bonchev–Trinajstić information content (AvgIpc) is 2.57. The van der Waals surface area contributed by atoms with E-state index in [4.69, 9.17) is 0 Å². The van der Waals surface area contributed by atoms with Crippen LogP contribution in [0.2, 0.25) is 0 Å². The van der Waals surface area contributed by atoms with Gasteiger partial charge in [0, 0.05) is 18.8 Å². The van der Waals surface area contributed by atoms with Crippen LogP contribution < -0.4 is 10.2 Å². The van der Waals surface area contributed by atoms with Gasteiger partial charge in [0.2, 0.25) is 5.91 Å². The van der Waals surface area contributed by atoms with Gasteiger partial charge < -0.3 is 10.2 Å². The first kappa shape index (κ1) is 19.8. The molecule has 2 aromatic rings. The maximum absolute atomic E-state index is 12.4. The largest absolute Gasteiger partial charge is 0.360 e. The van der Waals surface area contributed by atoms with Gasteiger partial charge in [0.25, 0.3) is 11.4 Å². The average molecular weight is 372 g/mol. The summed E-state index contributed by atoms with van der Waals surface area (Å²) >= 11 is 0. The van der Waals surface area contributed by atoms with Crippen LogP contribution in [0.15, 0.2) is 30.3 Å². The Morgan fingerprint density at radius 2 is 1.63 bits per heavy atom. The number of carbonyl (C=O) groups is 1. The standard InChI is InChI=1S/C18H20N4O5/c1-11-7-12(2)18(13(3)8-11)19-17(23)10-20(4)15-6-5-14(21(24)25)9-16(15)22(26)27/h5-9H,10H2,1-4H3,(H,19,23). The van der Waals surface area contributed by atoms with Crippen molar-refractivity contribution in [1.82, 2.24) is 0 Å². The summed E-state index contributed by atoms with van der Waals surface area (Å²) in [5.41, 5.74) is 2.95. The van der Waals surface area contributed by atoms with Gasteiger partial charge in [-0.1, -0.05) is 17.7 Å². The number of nitro groups is 2. The Morgan fingerprint density at radius 1 is 1.04 bits per heavy atom. The van der Waals surface area contributed by atoms with Crippen LogP contribution in [0.1, 0.15) is 16.7 Å². The Hall–Kier alpha value is -3.49. The molecule has 1 amide bonds. The third-order valence-electron chi connectivity index (χ3n) is 4.10. The zero-order chi connectivity index (χ0) is 20.3. The molecule has 0 radical (unpaired) electrons. The number of non-ortho nitro benzene ring substituents is 1. The van der Waals surface area contributed by atoms with Gasteiger partial charge in [-0.3, -0.25) is 25.0 Å². The molecule has 0 bridgehead atoms. The highest BCUT2D eigenvalue weighted by Gasteiger charge is 2.23. The van der Waals surface area contributed by atoms with Crippen LogP contribution in [0.4, 0.5) is 22.7 Å². The van der Waals surface area contributed by atoms with Crippen molar-refractivity contribution < 1.29 is 14.6 Å². The SMILES string of the molecule is Cc1cc(C)c(NC(=O)CN(C)c2ccc([N+](=O)[O-])cc2[N+](=O)[O-])c(C)c1. The summed E-state index contributed by atoms with van der Waals surface area (Å²) in [6, 6.07) is 7.23. The van der Waals surface area contributed by atoms with Gasteiger partial charge in [-0.15, -0.1) is 0 Å². The Morgan fingerprint density at radius 3 is 2.15 bits per heavy atom. The van der Waals surface area contributed by atoms with E-state index in [2.05, 4.69) is 5.32 Å². The van der Waals surface area contributed by atoms with Gasteiger partial charge in [-0.05, 0) is 38.0 Å². The van der Waals surface area contributed by atoms with E-state index in [9.17, 15) is 25.0 Å². The van der Waals surface area contributed by atoms with E-state index in [1.54, 1.807) is 0 Å². The van der Waals surface area contributed by atoms with E-state index in [1.807, 2.05) is 32.9 Å². The highest BCUT2D eigenvalue weighted by molar-refractivity contribution is 5.95. The van der Waals surface area contributed by atoms with Gasteiger partial charge in [0.1, 0.15) is 5.69 Å². The van der Waals surface area contributed by atoms with Crippen molar-refractivity contribution in [1.29, 1.82) is 0 Å². The van der Waals surface area contributed by atoms with Crippen LogP contribution in [-0.2, 0) is 4.79 Å². The number of likely N-dealkylation sites (N-methyl/N-ethyl adjacent to an activating group) is 1. The molecule has 0 unspecified atom stereocenters. The quantitative estimate of drug-likeness (QED) is 0.612. The van der Waals surface area contributed by atoms with Crippen LogP contribution in [0.3, 0.4) is 0 Å². The highest BCUT2D eigenvalue weighted by atomic mass is 16.6. The fourth-order valence-electron chi connectivity index (χ4n) is 2.95. The van der Waals surface area contributed by atoms with Crippen molar-refractivity contribution in [3.05, 3.63) is 67.3 Å². The lowest BCUT2D eigenvalue weighted by atomic mass is 10.1. The topological polar surface area (TPSA) is 119 Å². The summed E-state index contributed by atoms with van der Waals surface area (Å²) in [5.74, 6) is -0.347. The number of carbonyl (C=O) groups excluding carboxylic acids is 1. The van der Waals surface area contributed by atoms with Gasteiger partial charge in [-0.25, -0.2) is 0 Å². The Balaban J connectivity index is 2.22. The molecule has 2 aromatic carbocycles. The molecule has 0 fully saturated rings. The molecule has 142 valence electrons. The number of amides is 1. The first-order chi connectivity index (χ1) is 12.6. The highest BCUT2D eigenvalue weighted by Crippen LogP contribution is 2.31. The smallest absolute Gasteiger partial charge is 0.299 e. The third kappa shape index (κ3) is 4.57. The minimum absolute atomic E-state index is 0.123. The molecule has 0 aliphatic carbocycles. The maximum atomic E-state index is 12.4. The number of hydrogen-bond acceptors (Lipinski definition) is 6. The molecule has 9 nitrogen and oxygen atoms in total. The summed E-state index contributed by atoms with van der Waals surface area (Å²) in [7, 11) is 1.52. The molecule has 1 N–H and O–H groups in total. The third-order valence-corrected chi connectivity index (χ3v) is 4.10. The Bertz CT molecular complexity index is 903. The van der Waals surface area contributed by atoms with Crippen molar-refractivity contribution in [2.45, 2.75) is 20.8 Å². The molecule has 0 aromatic heterocycles. The molecule has 0 saturated carbocycles. The molecular formula is C18H20N4O5. The van der Waals surface area contributed by atoms with Gasteiger partial charge in [0.05, 0.1) is 22.5 Å².